The molecule has 0 aliphatic carbocycles. The van der Waals surface area contributed by atoms with Crippen LogP contribution in [-0.2, 0) is 0 Å². The van der Waals surface area contributed by atoms with E-state index in [1.54, 1.807) is 6.20 Å². The molecule has 29 heavy (non-hydrogen) atoms. The van der Waals surface area contributed by atoms with Gasteiger partial charge in [-0.15, -0.1) is 10.2 Å². The lowest BCUT2D eigenvalue weighted by Crippen LogP contribution is -2.33. The van der Waals surface area contributed by atoms with Crippen molar-refractivity contribution >= 4 is 29.2 Å². The number of nitrogens with zero attached hydrogens (tertiary/aromatic N) is 3. The highest BCUT2D eigenvalue weighted by molar-refractivity contribution is 5.90. The minimum Gasteiger partial charge on any atom is -0.367 e. The second kappa shape index (κ2) is 9.50. The van der Waals surface area contributed by atoms with E-state index in [1.807, 2.05) is 63.2 Å². The molecule has 0 saturated carbocycles. The summed E-state index contributed by atoms with van der Waals surface area (Å²) in [6, 6.07) is 13.1. The number of carbonyl (C=O) groups excluding carboxylic acids is 1. The molecule has 0 radical (unpaired) electrons. The molecule has 2 heterocycles. The first-order chi connectivity index (χ1) is 14.0. The largest absolute Gasteiger partial charge is 0.367 e. The number of benzene rings is 1. The number of anilines is 4. The molecule has 0 spiro atoms. The molecule has 3 aromatic rings. The Labute approximate surface area is 170 Å². The minimum absolute atomic E-state index is 0.239. The molecule has 4 N–H and O–H groups in total. The Morgan fingerprint density at radius 2 is 1.66 bits per heavy atom. The fraction of sp³-hybridized carbons (Fsp3) is 0.238. The molecule has 0 bridgehead atoms. The van der Waals surface area contributed by atoms with Crippen LogP contribution in [0.3, 0.4) is 0 Å². The van der Waals surface area contributed by atoms with Crippen LogP contribution in [0.1, 0.15) is 16.7 Å². The van der Waals surface area contributed by atoms with Gasteiger partial charge in [-0.3, -0.25) is 0 Å². The van der Waals surface area contributed by atoms with Crippen molar-refractivity contribution in [2.75, 3.05) is 29.0 Å². The van der Waals surface area contributed by atoms with Crippen molar-refractivity contribution in [3.8, 4) is 0 Å². The van der Waals surface area contributed by atoms with Gasteiger partial charge < -0.3 is 21.3 Å². The van der Waals surface area contributed by atoms with E-state index in [1.165, 1.54) is 0 Å². The van der Waals surface area contributed by atoms with Gasteiger partial charge in [0.2, 0.25) is 0 Å². The van der Waals surface area contributed by atoms with Crippen LogP contribution in [-0.4, -0.2) is 34.3 Å². The molecule has 150 valence electrons. The van der Waals surface area contributed by atoms with Gasteiger partial charge in [-0.25, -0.2) is 9.78 Å². The molecule has 0 unspecified atom stereocenters. The summed E-state index contributed by atoms with van der Waals surface area (Å²) in [6.07, 6.45) is 1.79. The molecule has 8 heteroatoms. The van der Waals surface area contributed by atoms with Gasteiger partial charge in [0, 0.05) is 25.0 Å². The Morgan fingerprint density at radius 3 is 2.38 bits per heavy atom. The Balaban J connectivity index is 1.40. The topological polar surface area (TPSA) is 104 Å². The molecule has 8 nitrogen and oxygen atoms in total. The van der Waals surface area contributed by atoms with Crippen molar-refractivity contribution in [3.05, 3.63) is 65.4 Å². The highest BCUT2D eigenvalue weighted by Crippen LogP contribution is 2.17. The number of amides is 2. The van der Waals surface area contributed by atoms with Crippen LogP contribution in [0.2, 0.25) is 0 Å². The number of nitrogens with one attached hydrogen (secondary N) is 4. The Bertz CT molecular complexity index is 956. The summed E-state index contributed by atoms with van der Waals surface area (Å²) in [4.78, 5) is 16.3. The van der Waals surface area contributed by atoms with Gasteiger partial charge in [0.25, 0.3) is 0 Å². The summed E-state index contributed by atoms with van der Waals surface area (Å²) in [6.45, 7) is 6.96. The average Bonchev–Trinajstić information content (AvgIpc) is 2.72. The van der Waals surface area contributed by atoms with Gasteiger partial charge in [0.15, 0.2) is 5.82 Å². The average molecular weight is 391 g/mol. The molecular weight excluding hydrogens is 366 g/mol. The fourth-order valence-corrected chi connectivity index (χ4v) is 2.59. The lowest BCUT2D eigenvalue weighted by atomic mass is 10.1. The maximum absolute atomic E-state index is 12.0. The van der Waals surface area contributed by atoms with E-state index < -0.39 is 0 Å². The number of urea groups is 1. The molecule has 0 aliphatic heterocycles. The normalized spacial score (nSPS) is 10.3. The summed E-state index contributed by atoms with van der Waals surface area (Å²) < 4.78 is 0. The molecule has 0 aliphatic rings. The summed E-state index contributed by atoms with van der Waals surface area (Å²) in [5.74, 6) is 1.95. The van der Waals surface area contributed by atoms with Crippen LogP contribution in [0.4, 0.5) is 27.9 Å². The number of aryl methyl sites for hydroxylation is 2. The van der Waals surface area contributed by atoms with Crippen LogP contribution >= 0.6 is 0 Å². The van der Waals surface area contributed by atoms with Crippen molar-refractivity contribution in [2.45, 2.75) is 20.8 Å². The summed E-state index contributed by atoms with van der Waals surface area (Å²) in [7, 11) is 0. The number of hydrogen-bond donors (Lipinski definition) is 4. The Morgan fingerprint density at radius 1 is 0.897 bits per heavy atom. The maximum atomic E-state index is 12.0. The smallest absolute Gasteiger partial charge is 0.319 e. The highest BCUT2D eigenvalue weighted by Gasteiger charge is 2.05. The van der Waals surface area contributed by atoms with Crippen molar-refractivity contribution < 1.29 is 4.79 Å². The van der Waals surface area contributed by atoms with E-state index in [-0.39, 0.29) is 6.03 Å². The monoisotopic (exact) mass is 391 g/mol. The van der Waals surface area contributed by atoms with Gasteiger partial charge in [-0.05, 0) is 61.7 Å². The Kier molecular flexibility index (Phi) is 6.57. The third-order valence-corrected chi connectivity index (χ3v) is 4.40. The second-order valence-corrected chi connectivity index (χ2v) is 6.70. The van der Waals surface area contributed by atoms with Crippen LogP contribution in [0.5, 0.6) is 0 Å². The van der Waals surface area contributed by atoms with Crippen LogP contribution in [0.25, 0.3) is 0 Å². The molecule has 3 rings (SSSR count). The first-order valence-electron chi connectivity index (χ1n) is 9.39. The van der Waals surface area contributed by atoms with Crippen molar-refractivity contribution in [1.82, 2.24) is 20.5 Å². The number of rotatable bonds is 7. The summed E-state index contributed by atoms with van der Waals surface area (Å²) in [5, 5.41) is 20.1. The maximum Gasteiger partial charge on any atom is 0.319 e. The van der Waals surface area contributed by atoms with Crippen LogP contribution < -0.4 is 21.3 Å². The predicted molar refractivity (Wildman–Crippen MR) is 116 cm³/mol. The highest BCUT2D eigenvalue weighted by atomic mass is 16.2. The molecule has 1 aromatic carbocycles. The lowest BCUT2D eigenvalue weighted by Gasteiger charge is -2.12. The van der Waals surface area contributed by atoms with Gasteiger partial charge in [-0.1, -0.05) is 18.2 Å². The molecule has 2 amide bonds. The van der Waals surface area contributed by atoms with Crippen LogP contribution in [0.15, 0.2) is 48.7 Å². The van der Waals surface area contributed by atoms with Gasteiger partial charge in [0.05, 0.1) is 0 Å². The SMILES string of the molecule is Cc1ccc(Nc2ccc(NCCNC(=O)Nc3cccc(C)c3C)nn2)nc1. The molecule has 0 saturated heterocycles. The van der Waals surface area contributed by atoms with E-state index in [9.17, 15) is 4.79 Å². The molecular formula is C21H25N7O. The zero-order chi connectivity index (χ0) is 20.6. The van der Waals surface area contributed by atoms with Gasteiger partial charge in [-0.2, -0.15) is 0 Å². The first kappa shape index (κ1) is 20.1. The number of aromatic nitrogens is 3. The number of hydrogen-bond acceptors (Lipinski definition) is 6. The quantitative estimate of drug-likeness (QED) is 0.457. The molecule has 2 aromatic heterocycles. The molecule has 0 atom stereocenters. The zero-order valence-electron chi connectivity index (χ0n) is 16.8. The minimum atomic E-state index is -0.239. The van der Waals surface area contributed by atoms with E-state index in [4.69, 9.17) is 0 Å². The third-order valence-electron chi connectivity index (χ3n) is 4.40. The predicted octanol–water partition coefficient (Wildman–Crippen LogP) is 3.77. The second-order valence-electron chi connectivity index (χ2n) is 6.70. The standard InChI is InChI=1S/C21H25N7O/c1-14-7-8-18(24-13-14)26-20-10-9-19(27-28-20)22-11-12-23-21(29)25-17-6-4-5-15(2)16(17)3/h4-10,13H,11-12H2,1-3H3,(H,22,27)(H2,23,25,29)(H,24,26,28). The number of pyridine rings is 1. The van der Waals surface area contributed by atoms with Gasteiger partial charge in [0.1, 0.15) is 11.6 Å². The van der Waals surface area contributed by atoms with Crippen LogP contribution in [0, 0.1) is 20.8 Å². The summed E-state index contributed by atoms with van der Waals surface area (Å²) in [5.41, 5.74) is 4.11. The van der Waals surface area contributed by atoms with Crippen molar-refractivity contribution in [3.63, 3.8) is 0 Å². The van der Waals surface area contributed by atoms with E-state index in [2.05, 4.69) is 36.4 Å². The number of carbonyl (C=O) groups is 1. The zero-order valence-corrected chi connectivity index (χ0v) is 16.8. The lowest BCUT2D eigenvalue weighted by molar-refractivity contribution is 0.252. The van der Waals surface area contributed by atoms with E-state index in [0.717, 1.165) is 22.4 Å². The van der Waals surface area contributed by atoms with E-state index in [0.29, 0.717) is 30.5 Å². The van der Waals surface area contributed by atoms with Crippen molar-refractivity contribution in [1.29, 1.82) is 0 Å². The summed E-state index contributed by atoms with van der Waals surface area (Å²) >= 11 is 0. The van der Waals surface area contributed by atoms with E-state index >= 15 is 0 Å². The fourth-order valence-electron chi connectivity index (χ4n) is 2.59. The first-order valence-corrected chi connectivity index (χ1v) is 9.39. The van der Waals surface area contributed by atoms with Gasteiger partial charge >= 0.3 is 6.03 Å². The van der Waals surface area contributed by atoms with Crippen molar-refractivity contribution in [2.24, 2.45) is 0 Å². The third kappa shape index (κ3) is 5.90. The Hall–Kier alpha value is -3.68. The molecule has 0 fully saturated rings.